The van der Waals surface area contributed by atoms with Crippen molar-refractivity contribution >= 4 is 10.1 Å². The van der Waals surface area contributed by atoms with E-state index in [9.17, 15) is 13.0 Å². The summed E-state index contributed by atoms with van der Waals surface area (Å²) in [5.74, 6) is -0.101. The number of hydrogen-bond donors (Lipinski definition) is 0. The Morgan fingerprint density at radius 3 is 2.48 bits per heavy atom. The van der Waals surface area contributed by atoms with E-state index < -0.39 is 10.1 Å². The predicted octanol–water partition coefficient (Wildman–Crippen LogP) is -0.160. The van der Waals surface area contributed by atoms with E-state index >= 15 is 0 Å². The summed E-state index contributed by atoms with van der Waals surface area (Å²) in [5, 5.41) is 0. The van der Waals surface area contributed by atoms with E-state index in [1.165, 1.54) is 0 Å². The molecule has 2 aliphatic carbocycles. The Bertz CT molecular complexity index is 669. The quantitative estimate of drug-likeness (QED) is 0.568. The van der Waals surface area contributed by atoms with Crippen LogP contribution in [-0.4, -0.2) is 26.7 Å². The van der Waals surface area contributed by atoms with Gasteiger partial charge in [-0.2, -0.15) is 0 Å². The summed E-state index contributed by atoms with van der Waals surface area (Å²) >= 11 is 0. The number of methoxy groups -OCH3 is 1. The van der Waals surface area contributed by atoms with Gasteiger partial charge in [-0.1, -0.05) is 37.3 Å². The smallest absolute Gasteiger partial charge is 0.744 e. The Morgan fingerprint density at radius 1 is 1.24 bits per heavy atom. The molecule has 2 aliphatic rings. The van der Waals surface area contributed by atoms with E-state index in [2.05, 4.69) is 0 Å². The molecule has 1 atom stereocenters. The van der Waals surface area contributed by atoms with Crippen molar-refractivity contribution in [1.29, 1.82) is 0 Å². The Labute approximate surface area is 147 Å². The molecule has 0 aromatic rings. The molecule has 0 aromatic carbocycles. The molecule has 2 rings (SSSR count). The van der Waals surface area contributed by atoms with E-state index in [0.717, 1.165) is 5.56 Å². The number of ether oxygens (including phenoxy) is 1. The average molecular weight is 316 g/mol. The molecule has 0 spiro atoms. The molecule has 6 heteroatoms. The molecular weight excluding hydrogens is 299 g/mol. The summed E-state index contributed by atoms with van der Waals surface area (Å²) in [6, 6.07) is 10.6. The molecular formula is C15H17NaO4S. The van der Waals surface area contributed by atoms with Gasteiger partial charge < -0.3 is 9.29 Å². The standard InChI is InChI=1S/C15H18O4S.Na/c1-3-11(10-19-2)14-9-12-7-5-4-6-8-13(12)15(14)20(16,17)18;/h4-9,11H,3,10H2,1-2H3,(H,16,17,18);/q;+1/p-1. The van der Waals surface area contributed by atoms with Crippen LogP contribution < -0.4 is 29.6 Å². The van der Waals surface area contributed by atoms with Gasteiger partial charge in [0.1, 0.15) is 10.1 Å². The second-order valence-corrected chi connectivity index (χ2v) is 6.04. The number of hydrogen-bond acceptors (Lipinski definition) is 4. The topological polar surface area (TPSA) is 66.4 Å². The summed E-state index contributed by atoms with van der Waals surface area (Å²) < 4.78 is 40.1. The van der Waals surface area contributed by atoms with Gasteiger partial charge in [0.25, 0.3) is 0 Å². The van der Waals surface area contributed by atoms with Gasteiger partial charge in [-0.05, 0) is 29.2 Å². The van der Waals surface area contributed by atoms with E-state index in [4.69, 9.17) is 4.74 Å². The Kier molecular flexibility index (Phi) is 6.84. The first kappa shape index (κ1) is 18.6. The van der Waals surface area contributed by atoms with Crippen molar-refractivity contribution in [2.45, 2.75) is 24.2 Å². The monoisotopic (exact) mass is 316 g/mol. The molecule has 0 saturated carbocycles. The normalized spacial score (nSPS) is 12.9. The molecule has 0 bridgehead atoms. The summed E-state index contributed by atoms with van der Waals surface area (Å²) in [4.78, 5) is -0.104. The molecule has 0 aromatic heterocycles. The van der Waals surface area contributed by atoms with Crippen LogP contribution in [0.1, 0.15) is 24.8 Å². The van der Waals surface area contributed by atoms with Crippen LogP contribution in [0.2, 0.25) is 0 Å². The second-order valence-electron chi connectivity index (χ2n) is 4.72. The van der Waals surface area contributed by atoms with E-state index in [1.807, 2.05) is 19.1 Å². The molecule has 0 aliphatic heterocycles. The van der Waals surface area contributed by atoms with Gasteiger partial charge in [-0.25, -0.2) is 8.42 Å². The van der Waals surface area contributed by atoms with E-state index in [0.29, 0.717) is 24.2 Å². The molecule has 108 valence electrons. The third-order valence-corrected chi connectivity index (χ3v) is 4.40. The van der Waals surface area contributed by atoms with Crippen molar-refractivity contribution in [2.75, 3.05) is 13.7 Å². The molecule has 1 unspecified atom stereocenters. The summed E-state index contributed by atoms with van der Waals surface area (Å²) in [6.07, 6.45) is 0.707. The Morgan fingerprint density at radius 2 is 1.90 bits per heavy atom. The minimum Gasteiger partial charge on any atom is -0.744 e. The van der Waals surface area contributed by atoms with Crippen LogP contribution in [-0.2, 0) is 14.9 Å². The molecule has 0 fully saturated rings. The number of rotatable bonds is 5. The fourth-order valence-corrected chi connectivity index (χ4v) is 3.46. The average Bonchev–Trinajstić information content (AvgIpc) is 2.60. The van der Waals surface area contributed by atoms with Gasteiger partial charge >= 0.3 is 29.6 Å². The van der Waals surface area contributed by atoms with Crippen molar-refractivity contribution in [3.63, 3.8) is 0 Å². The van der Waals surface area contributed by atoms with Crippen molar-refractivity contribution in [3.05, 3.63) is 42.0 Å². The molecule has 0 radical (unpaired) electrons. The first-order valence-corrected chi connectivity index (χ1v) is 7.86. The summed E-state index contributed by atoms with van der Waals surface area (Å²) in [6.45, 7) is 2.34. The largest absolute Gasteiger partial charge is 1.00 e. The van der Waals surface area contributed by atoms with Gasteiger partial charge in [-0.3, -0.25) is 0 Å². The maximum absolute atomic E-state index is 11.7. The molecule has 21 heavy (non-hydrogen) atoms. The van der Waals surface area contributed by atoms with Crippen molar-refractivity contribution in [3.8, 4) is 11.1 Å². The van der Waals surface area contributed by atoms with Crippen LogP contribution in [0.15, 0.2) is 41.3 Å². The van der Waals surface area contributed by atoms with Gasteiger partial charge in [0.05, 0.1) is 11.5 Å². The first-order valence-electron chi connectivity index (χ1n) is 6.45. The van der Waals surface area contributed by atoms with Crippen LogP contribution in [0.3, 0.4) is 0 Å². The van der Waals surface area contributed by atoms with Gasteiger partial charge in [0.15, 0.2) is 0 Å². The van der Waals surface area contributed by atoms with Crippen LogP contribution in [0.5, 0.6) is 0 Å². The van der Waals surface area contributed by atoms with Crippen molar-refractivity contribution < 1.29 is 47.3 Å². The zero-order chi connectivity index (χ0) is 14.8. The zero-order valence-corrected chi connectivity index (χ0v) is 15.3. The van der Waals surface area contributed by atoms with Gasteiger partial charge in [0.2, 0.25) is 0 Å². The summed E-state index contributed by atoms with van der Waals surface area (Å²) in [7, 11) is -2.96. The van der Waals surface area contributed by atoms with Crippen LogP contribution >= 0.6 is 0 Å². The SMILES string of the molecule is CCC(COC)c1cc2cccccc-2c1S(=O)(=O)[O-].[Na+]. The molecule has 0 N–H and O–H groups in total. The van der Waals surface area contributed by atoms with Crippen molar-refractivity contribution in [1.82, 2.24) is 0 Å². The zero-order valence-electron chi connectivity index (χ0n) is 12.5. The first-order chi connectivity index (χ1) is 9.49. The molecule has 0 heterocycles. The van der Waals surface area contributed by atoms with Gasteiger partial charge in [-0.15, -0.1) is 0 Å². The van der Waals surface area contributed by atoms with E-state index in [-0.39, 0.29) is 40.4 Å². The van der Waals surface area contributed by atoms with Crippen LogP contribution in [0.4, 0.5) is 0 Å². The Balaban J connectivity index is 0.00000220. The fraction of sp³-hybridized carbons (Fsp3) is 0.333. The van der Waals surface area contributed by atoms with E-state index in [1.54, 1.807) is 31.4 Å². The Hall–Kier alpha value is -0.430. The second kappa shape index (κ2) is 7.72. The maximum Gasteiger partial charge on any atom is 1.00 e. The number of fused-ring (bicyclic) bond motifs is 1. The minimum absolute atomic E-state index is 0. The predicted molar refractivity (Wildman–Crippen MR) is 75.9 cm³/mol. The molecule has 0 saturated heterocycles. The minimum atomic E-state index is -4.53. The third kappa shape index (κ3) is 4.06. The fourth-order valence-electron chi connectivity index (χ4n) is 2.49. The third-order valence-electron chi connectivity index (χ3n) is 3.44. The molecule has 4 nitrogen and oxygen atoms in total. The van der Waals surface area contributed by atoms with Crippen molar-refractivity contribution in [2.24, 2.45) is 0 Å². The maximum atomic E-state index is 11.7. The van der Waals surface area contributed by atoms with Crippen LogP contribution in [0, 0.1) is 0 Å². The van der Waals surface area contributed by atoms with Crippen LogP contribution in [0.25, 0.3) is 11.1 Å². The summed E-state index contributed by atoms with van der Waals surface area (Å²) in [5.41, 5.74) is 1.80. The van der Waals surface area contributed by atoms with Gasteiger partial charge in [0, 0.05) is 13.0 Å². The molecule has 0 amide bonds.